The van der Waals surface area contributed by atoms with Gasteiger partial charge >= 0.3 is 6.01 Å². The summed E-state index contributed by atoms with van der Waals surface area (Å²) in [6.45, 7) is 7.28. The van der Waals surface area contributed by atoms with Gasteiger partial charge in [-0.3, -0.25) is 0 Å². The van der Waals surface area contributed by atoms with Crippen LogP contribution < -0.4 is 10.2 Å². The zero-order chi connectivity index (χ0) is 13.5. The summed E-state index contributed by atoms with van der Waals surface area (Å²) in [4.78, 5) is 2.03. The molecule has 0 fully saturated rings. The number of thioether (sulfide) groups is 1. The number of nitrogens with zero attached hydrogens (tertiary/aromatic N) is 3. The number of aromatic nitrogens is 2. The van der Waals surface area contributed by atoms with Crippen molar-refractivity contribution in [3.63, 3.8) is 0 Å². The summed E-state index contributed by atoms with van der Waals surface area (Å²) in [6.07, 6.45) is 3.19. The molecule has 6 heteroatoms. The maximum absolute atomic E-state index is 5.70. The predicted octanol–water partition coefficient (Wildman–Crippen LogP) is 2.32. The van der Waals surface area contributed by atoms with Gasteiger partial charge in [-0.05, 0) is 33.1 Å². The fourth-order valence-corrected chi connectivity index (χ4v) is 2.24. The van der Waals surface area contributed by atoms with Crippen LogP contribution in [0.4, 0.5) is 6.01 Å². The van der Waals surface area contributed by atoms with E-state index in [1.807, 2.05) is 30.6 Å². The fourth-order valence-electron chi connectivity index (χ4n) is 1.53. The molecule has 0 saturated heterocycles. The summed E-state index contributed by atoms with van der Waals surface area (Å²) in [7, 11) is 1.99. The predicted molar refractivity (Wildman–Crippen MR) is 77.3 cm³/mol. The quantitative estimate of drug-likeness (QED) is 0.784. The van der Waals surface area contributed by atoms with Crippen molar-refractivity contribution in [2.45, 2.75) is 39.3 Å². The van der Waals surface area contributed by atoms with Crippen molar-refractivity contribution in [3.8, 4) is 0 Å². The molecule has 1 aromatic heterocycles. The summed E-state index contributed by atoms with van der Waals surface area (Å²) in [5.74, 6) is 1.69. The minimum absolute atomic E-state index is 0.107. The van der Waals surface area contributed by atoms with E-state index in [1.165, 1.54) is 0 Å². The van der Waals surface area contributed by atoms with Gasteiger partial charge in [-0.15, -0.1) is 5.10 Å². The second-order valence-corrected chi connectivity index (χ2v) is 5.42. The van der Waals surface area contributed by atoms with Crippen LogP contribution in [0.1, 0.15) is 39.1 Å². The fraction of sp³-hybridized carbons (Fsp3) is 0.833. The number of nitrogens with one attached hydrogen (secondary N) is 1. The second-order valence-electron chi connectivity index (χ2n) is 4.51. The highest BCUT2D eigenvalue weighted by Gasteiger charge is 2.18. The highest BCUT2D eigenvalue weighted by molar-refractivity contribution is 7.98. The molecule has 104 valence electrons. The van der Waals surface area contributed by atoms with Gasteiger partial charge in [0.15, 0.2) is 0 Å². The molecule has 0 bridgehead atoms. The molecule has 2 unspecified atom stereocenters. The first-order chi connectivity index (χ1) is 8.60. The normalized spacial score (nSPS) is 14.5. The Hall–Kier alpha value is -0.750. The Labute approximate surface area is 114 Å². The van der Waals surface area contributed by atoms with Crippen LogP contribution in [-0.2, 0) is 0 Å². The average Bonchev–Trinajstić information content (AvgIpc) is 2.84. The molecular formula is C12H24N4OS. The molecule has 2 atom stereocenters. The van der Waals surface area contributed by atoms with Crippen LogP contribution in [0.2, 0.25) is 0 Å². The molecule has 1 aromatic rings. The molecule has 0 aromatic carbocycles. The van der Waals surface area contributed by atoms with E-state index in [1.54, 1.807) is 0 Å². The van der Waals surface area contributed by atoms with Gasteiger partial charge in [-0.1, -0.05) is 12.0 Å². The van der Waals surface area contributed by atoms with Crippen LogP contribution in [0.25, 0.3) is 0 Å². The van der Waals surface area contributed by atoms with E-state index in [0.717, 1.165) is 18.7 Å². The molecule has 0 amide bonds. The van der Waals surface area contributed by atoms with Crippen LogP contribution in [0, 0.1) is 0 Å². The molecule has 1 N–H and O–H groups in total. The topological polar surface area (TPSA) is 54.2 Å². The van der Waals surface area contributed by atoms with E-state index < -0.39 is 0 Å². The third-order valence-corrected chi connectivity index (χ3v) is 3.69. The third-order valence-electron chi connectivity index (χ3n) is 2.87. The smallest absolute Gasteiger partial charge is 0.318 e. The van der Waals surface area contributed by atoms with Crippen LogP contribution >= 0.6 is 11.8 Å². The average molecular weight is 272 g/mol. The van der Waals surface area contributed by atoms with Crippen molar-refractivity contribution in [2.24, 2.45) is 0 Å². The summed E-state index contributed by atoms with van der Waals surface area (Å²) in [6, 6.07) is 1.08. The van der Waals surface area contributed by atoms with E-state index in [0.29, 0.717) is 17.9 Å². The van der Waals surface area contributed by atoms with Gasteiger partial charge in [0.2, 0.25) is 5.89 Å². The van der Waals surface area contributed by atoms with Gasteiger partial charge in [-0.2, -0.15) is 11.8 Å². The Morgan fingerprint density at radius 3 is 2.72 bits per heavy atom. The number of hydrogen-bond donors (Lipinski definition) is 1. The number of anilines is 1. The van der Waals surface area contributed by atoms with Gasteiger partial charge in [0.1, 0.15) is 0 Å². The lowest BCUT2D eigenvalue weighted by Crippen LogP contribution is -2.31. The molecule has 0 saturated carbocycles. The van der Waals surface area contributed by atoms with Crippen molar-refractivity contribution >= 4 is 17.8 Å². The maximum Gasteiger partial charge on any atom is 0.318 e. The standard InChI is InChI=1S/C12H24N4OS/c1-6-7-13-10(3)11-14-15-12(17-11)16(4)9(2)8-18-5/h9-10,13H,6-8H2,1-5H3. The number of hydrogen-bond acceptors (Lipinski definition) is 6. The van der Waals surface area contributed by atoms with Gasteiger partial charge in [0.25, 0.3) is 0 Å². The lowest BCUT2D eigenvalue weighted by molar-refractivity contribution is 0.413. The van der Waals surface area contributed by atoms with Gasteiger partial charge in [0.05, 0.1) is 6.04 Å². The molecule has 18 heavy (non-hydrogen) atoms. The van der Waals surface area contributed by atoms with E-state index in [4.69, 9.17) is 4.42 Å². The molecule has 0 spiro atoms. The van der Waals surface area contributed by atoms with Crippen LogP contribution in [0.5, 0.6) is 0 Å². The van der Waals surface area contributed by atoms with Crippen LogP contribution in [-0.4, -0.2) is 41.8 Å². The van der Waals surface area contributed by atoms with E-state index in [-0.39, 0.29) is 6.04 Å². The van der Waals surface area contributed by atoms with Crippen molar-refractivity contribution in [1.29, 1.82) is 0 Å². The van der Waals surface area contributed by atoms with Crippen molar-refractivity contribution in [2.75, 3.05) is 30.5 Å². The molecule has 0 aliphatic heterocycles. The summed E-state index contributed by atoms with van der Waals surface area (Å²) >= 11 is 1.81. The first-order valence-corrected chi connectivity index (χ1v) is 7.78. The molecular weight excluding hydrogens is 248 g/mol. The SMILES string of the molecule is CCCNC(C)c1nnc(N(C)C(C)CSC)o1. The number of rotatable bonds is 8. The van der Waals surface area contributed by atoms with Crippen molar-refractivity contribution < 1.29 is 4.42 Å². The molecule has 1 heterocycles. The Balaban J connectivity index is 2.61. The second kappa shape index (κ2) is 7.63. The molecule has 0 radical (unpaired) electrons. The Kier molecular flexibility index (Phi) is 6.49. The van der Waals surface area contributed by atoms with Crippen LogP contribution in [0.15, 0.2) is 4.42 Å². The van der Waals surface area contributed by atoms with E-state index >= 15 is 0 Å². The van der Waals surface area contributed by atoms with Gasteiger partial charge in [0, 0.05) is 18.8 Å². The maximum atomic E-state index is 5.70. The monoisotopic (exact) mass is 272 g/mol. The Morgan fingerprint density at radius 2 is 2.11 bits per heavy atom. The van der Waals surface area contributed by atoms with E-state index in [2.05, 4.69) is 35.6 Å². The highest BCUT2D eigenvalue weighted by atomic mass is 32.2. The lowest BCUT2D eigenvalue weighted by Gasteiger charge is -2.21. The summed E-state index contributed by atoms with van der Waals surface area (Å²) in [5.41, 5.74) is 0. The van der Waals surface area contributed by atoms with Gasteiger partial charge < -0.3 is 14.6 Å². The lowest BCUT2D eigenvalue weighted by atomic mass is 10.3. The van der Waals surface area contributed by atoms with Crippen LogP contribution in [0.3, 0.4) is 0 Å². The summed E-state index contributed by atoms with van der Waals surface area (Å²) < 4.78 is 5.70. The zero-order valence-corrected chi connectivity index (χ0v) is 12.8. The molecule has 0 aliphatic rings. The highest BCUT2D eigenvalue weighted by Crippen LogP contribution is 2.18. The van der Waals surface area contributed by atoms with Crippen molar-refractivity contribution in [1.82, 2.24) is 15.5 Å². The first-order valence-electron chi connectivity index (χ1n) is 6.38. The van der Waals surface area contributed by atoms with E-state index in [9.17, 15) is 0 Å². The Bertz CT molecular complexity index is 345. The largest absolute Gasteiger partial charge is 0.406 e. The first kappa shape index (κ1) is 15.3. The Morgan fingerprint density at radius 1 is 1.39 bits per heavy atom. The van der Waals surface area contributed by atoms with Crippen molar-refractivity contribution in [3.05, 3.63) is 5.89 Å². The zero-order valence-electron chi connectivity index (χ0n) is 11.9. The third kappa shape index (κ3) is 4.17. The van der Waals surface area contributed by atoms with Gasteiger partial charge in [-0.25, -0.2) is 0 Å². The summed E-state index contributed by atoms with van der Waals surface area (Å²) in [5, 5.41) is 11.5. The molecule has 1 rings (SSSR count). The molecule has 0 aliphatic carbocycles. The minimum Gasteiger partial charge on any atom is -0.406 e. The molecule has 5 nitrogen and oxygen atoms in total. The minimum atomic E-state index is 0.107.